The maximum atomic E-state index is 7.56. The van der Waals surface area contributed by atoms with Crippen molar-refractivity contribution in [3.05, 3.63) is 234 Å². The fourth-order valence-corrected chi connectivity index (χ4v) is 11.1. The van der Waals surface area contributed by atoms with Gasteiger partial charge in [0.15, 0.2) is 11.5 Å². The molecule has 3 nitrogen and oxygen atoms in total. The minimum atomic E-state index is -0.588. The summed E-state index contributed by atoms with van der Waals surface area (Å²) in [6.45, 7) is 7.56. The molecule has 60 heavy (non-hydrogen) atoms. The van der Waals surface area contributed by atoms with Crippen molar-refractivity contribution in [3.8, 4) is 56.2 Å². The van der Waals surface area contributed by atoms with Gasteiger partial charge in [0.1, 0.15) is 0 Å². The first-order valence-electron chi connectivity index (χ1n) is 20.2. The molecule has 0 fully saturated rings. The standard InChI is InChI=1S/C56H33N3S/c1-57-42-26-20-35(21-27-42)40-24-28-47-45(32-40)46-33-41(52-34-51(38-14-4-2-5-15-38)58-55(59-52)39-16-6-3-7-17-39)25-29-48(46)56(47)49-30-22-36-12-8-10-18-43(36)53(49)60-54-44-19-11-9-13-37(44)23-31-50(54)56/h2-34H. The zero-order chi connectivity index (χ0) is 39.8. The maximum absolute atomic E-state index is 7.56. The van der Waals surface area contributed by atoms with Gasteiger partial charge in [-0.2, -0.15) is 0 Å². The van der Waals surface area contributed by atoms with Crippen LogP contribution in [0.4, 0.5) is 5.69 Å². The largest absolute Gasteiger partial charge is 0.238 e. The molecule has 9 aromatic carbocycles. The molecule has 2 aliphatic rings. The van der Waals surface area contributed by atoms with E-state index in [9.17, 15) is 0 Å². The summed E-state index contributed by atoms with van der Waals surface area (Å²) in [5.41, 5.74) is 14.6. The lowest BCUT2D eigenvalue weighted by atomic mass is 9.66. The van der Waals surface area contributed by atoms with Crippen LogP contribution < -0.4 is 0 Å². The molecule has 2 heterocycles. The molecule has 0 saturated heterocycles. The van der Waals surface area contributed by atoms with Gasteiger partial charge in [0, 0.05) is 26.5 Å². The normalized spacial score (nSPS) is 13.1. The summed E-state index contributed by atoms with van der Waals surface area (Å²) < 4.78 is 0. The molecule has 0 saturated carbocycles. The van der Waals surface area contributed by atoms with Gasteiger partial charge in [-0.25, -0.2) is 14.8 Å². The summed E-state index contributed by atoms with van der Waals surface area (Å²) in [4.78, 5) is 16.6. The second-order valence-corrected chi connectivity index (χ2v) is 16.6. The van der Waals surface area contributed by atoms with E-state index in [2.05, 4.69) is 169 Å². The average Bonchev–Trinajstić information content (AvgIpc) is 3.61. The molecule has 278 valence electrons. The first-order chi connectivity index (χ1) is 29.7. The van der Waals surface area contributed by atoms with E-state index in [-0.39, 0.29) is 0 Å². The van der Waals surface area contributed by atoms with Gasteiger partial charge in [-0.1, -0.05) is 194 Å². The van der Waals surface area contributed by atoms with Gasteiger partial charge in [0.05, 0.1) is 23.4 Å². The molecule has 0 atom stereocenters. The van der Waals surface area contributed by atoms with Crippen LogP contribution in [0, 0.1) is 6.57 Å². The molecule has 0 bridgehead atoms. The number of aromatic nitrogens is 2. The summed E-state index contributed by atoms with van der Waals surface area (Å²) in [5, 5.41) is 5.01. The smallest absolute Gasteiger partial charge is 0.187 e. The molecule has 0 radical (unpaired) electrons. The summed E-state index contributed by atoms with van der Waals surface area (Å²) in [6, 6.07) is 71.7. The Hall–Kier alpha value is -7.58. The van der Waals surface area contributed by atoms with Crippen molar-refractivity contribution >= 4 is 39.0 Å². The number of hydrogen-bond acceptors (Lipinski definition) is 3. The highest BCUT2D eigenvalue weighted by molar-refractivity contribution is 8.00. The third-order valence-corrected chi connectivity index (χ3v) is 13.6. The fraction of sp³-hybridized carbons (Fsp3) is 0.0179. The monoisotopic (exact) mass is 779 g/mol. The number of hydrogen-bond donors (Lipinski definition) is 0. The molecule has 1 spiro atoms. The van der Waals surface area contributed by atoms with Gasteiger partial charge in [0.25, 0.3) is 0 Å². The molecule has 1 aliphatic carbocycles. The quantitative estimate of drug-likeness (QED) is 0.167. The second-order valence-electron chi connectivity index (χ2n) is 15.6. The molecule has 10 aromatic rings. The van der Waals surface area contributed by atoms with E-state index >= 15 is 0 Å². The van der Waals surface area contributed by atoms with Crippen LogP contribution in [0.5, 0.6) is 0 Å². The second kappa shape index (κ2) is 13.5. The summed E-state index contributed by atoms with van der Waals surface area (Å²) in [5.74, 6) is 0.695. The third kappa shape index (κ3) is 5.16. The highest BCUT2D eigenvalue weighted by Crippen LogP contribution is 2.64. The van der Waals surface area contributed by atoms with Crippen LogP contribution >= 0.6 is 11.8 Å². The van der Waals surface area contributed by atoms with Gasteiger partial charge < -0.3 is 0 Å². The Morgan fingerprint density at radius 1 is 0.400 bits per heavy atom. The Balaban J connectivity index is 1.16. The van der Waals surface area contributed by atoms with E-state index in [1.165, 1.54) is 64.7 Å². The Morgan fingerprint density at radius 2 is 0.883 bits per heavy atom. The van der Waals surface area contributed by atoms with Crippen molar-refractivity contribution < 1.29 is 0 Å². The predicted octanol–water partition coefficient (Wildman–Crippen LogP) is 14.8. The van der Waals surface area contributed by atoms with E-state index < -0.39 is 5.41 Å². The van der Waals surface area contributed by atoms with Crippen LogP contribution in [0.1, 0.15) is 22.3 Å². The van der Waals surface area contributed by atoms with E-state index in [0.29, 0.717) is 11.5 Å². The lowest BCUT2D eigenvalue weighted by molar-refractivity contribution is 0.729. The highest BCUT2D eigenvalue weighted by Gasteiger charge is 2.51. The van der Waals surface area contributed by atoms with Crippen molar-refractivity contribution in [1.29, 1.82) is 0 Å². The Bertz CT molecular complexity index is 3260. The van der Waals surface area contributed by atoms with Crippen molar-refractivity contribution in [1.82, 2.24) is 9.97 Å². The number of nitrogens with zero attached hydrogens (tertiary/aromatic N) is 3. The SMILES string of the molecule is [C-]#[N+]c1ccc(-c2ccc3c(c2)-c2cc(-c4cc(-c5ccccc5)nc(-c5ccccc5)n4)ccc2C32c3ccc4ccccc4c3Sc3c2ccc2ccccc32)cc1. The van der Waals surface area contributed by atoms with Gasteiger partial charge >= 0.3 is 0 Å². The third-order valence-electron chi connectivity index (χ3n) is 12.4. The predicted molar refractivity (Wildman–Crippen MR) is 246 cm³/mol. The zero-order valence-electron chi connectivity index (χ0n) is 32.3. The molecule has 12 rings (SSSR count). The molecule has 4 heteroatoms. The van der Waals surface area contributed by atoms with Gasteiger partial charge in [-0.15, -0.1) is 0 Å². The summed E-state index contributed by atoms with van der Waals surface area (Å²) in [7, 11) is 0. The number of fused-ring (bicyclic) bond motifs is 13. The van der Waals surface area contributed by atoms with Crippen LogP contribution in [0.25, 0.3) is 82.5 Å². The van der Waals surface area contributed by atoms with Crippen molar-refractivity contribution in [2.75, 3.05) is 0 Å². The zero-order valence-corrected chi connectivity index (χ0v) is 33.1. The van der Waals surface area contributed by atoms with Gasteiger partial charge in [-0.3, -0.25) is 0 Å². The summed E-state index contributed by atoms with van der Waals surface area (Å²) in [6.07, 6.45) is 0. The first-order valence-corrected chi connectivity index (χ1v) is 21.0. The van der Waals surface area contributed by atoms with E-state index in [1.54, 1.807) is 0 Å². The molecule has 0 amide bonds. The van der Waals surface area contributed by atoms with Crippen molar-refractivity contribution in [3.63, 3.8) is 0 Å². The van der Waals surface area contributed by atoms with Gasteiger partial charge in [0.2, 0.25) is 0 Å². The molecule has 0 N–H and O–H groups in total. The van der Waals surface area contributed by atoms with E-state index in [0.717, 1.165) is 39.2 Å². The average molecular weight is 780 g/mol. The van der Waals surface area contributed by atoms with Crippen LogP contribution in [-0.2, 0) is 5.41 Å². The van der Waals surface area contributed by atoms with Crippen LogP contribution in [0.3, 0.4) is 0 Å². The molecular formula is C56H33N3S. The topological polar surface area (TPSA) is 30.1 Å². The molecule has 1 aliphatic heterocycles. The van der Waals surface area contributed by atoms with Gasteiger partial charge in [-0.05, 0) is 84.3 Å². The lowest BCUT2D eigenvalue weighted by Crippen LogP contribution is -2.32. The van der Waals surface area contributed by atoms with Crippen LogP contribution in [-0.4, -0.2) is 9.97 Å². The van der Waals surface area contributed by atoms with Crippen molar-refractivity contribution in [2.45, 2.75) is 15.2 Å². The Labute approximate surface area is 352 Å². The molecular weight excluding hydrogens is 747 g/mol. The van der Waals surface area contributed by atoms with E-state index in [4.69, 9.17) is 16.5 Å². The Morgan fingerprint density at radius 3 is 1.48 bits per heavy atom. The summed E-state index contributed by atoms with van der Waals surface area (Å²) >= 11 is 1.91. The Kier molecular flexibility index (Phi) is 7.75. The fourth-order valence-electron chi connectivity index (χ4n) is 9.59. The van der Waals surface area contributed by atoms with E-state index in [1.807, 2.05) is 48.2 Å². The van der Waals surface area contributed by atoms with Crippen molar-refractivity contribution in [2.24, 2.45) is 0 Å². The highest BCUT2D eigenvalue weighted by atomic mass is 32.2. The molecule has 1 aromatic heterocycles. The van der Waals surface area contributed by atoms with Crippen LogP contribution in [0.2, 0.25) is 0 Å². The molecule has 0 unspecified atom stereocenters. The minimum absolute atomic E-state index is 0.588. The maximum Gasteiger partial charge on any atom is 0.187 e. The lowest BCUT2D eigenvalue weighted by Gasteiger charge is -2.40. The van der Waals surface area contributed by atoms with Crippen LogP contribution in [0.15, 0.2) is 210 Å². The minimum Gasteiger partial charge on any atom is -0.238 e. The first kappa shape index (κ1) is 34.5. The number of rotatable bonds is 4. The number of benzene rings is 9.